The van der Waals surface area contributed by atoms with E-state index in [1.165, 1.54) is 17.7 Å². The molecule has 0 bridgehead atoms. The summed E-state index contributed by atoms with van der Waals surface area (Å²) in [4.78, 5) is 39.0. The highest BCUT2D eigenvalue weighted by Gasteiger charge is 2.62. The summed E-state index contributed by atoms with van der Waals surface area (Å²) in [6.45, 7) is 21.2. The molecule has 0 spiro atoms. The van der Waals surface area contributed by atoms with Crippen molar-refractivity contribution in [3.05, 3.63) is 83.5 Å². The summed E-state index contributed by atoms with van der Waals surface area (Å²) in [7, 11) is 0. The number of carbonyl (C=O) groups is 3. The number of ketones is 1. The first-order valence-corrected chi connectivity index (χ1v) is 17.8. The molecule has 272 valence electrons. The normalized spacial score (nSPS) is 24.7. The highest BCUT2D eigenvalue weighted by atomic mass is 16.7. The second kappa shape index (κ2) is 17.7. The van der Waals surface area contributed by atoms with Crippen LogP contribution < -0.4 is 4.74 Å². The number of unbranched alkanes of at least 4 members (excludes halogenated alkanes) is 2. The second-order valence-electron chi connectivity index (χ2n) is 13.9. The summed E-state index contributed by atoms with van der Waals surface area (Å²) in [5, 5.41) is 11.4. The highest BCUT2D eigenvalue weighted by molar-refractivity contribution is 6.05. The molecule has 0 amide bonds. The van der Waals surface area contributed by atoms with Crippen molar-refractivity contribution in [2.24, 2.45) is 29.6 Å². The van der Waals surface area contributed by atoms with Crippen molar-refractivity contribution in [3.63, 3.8) is 0 Å². The number of benzene rings is 1. The van der Waals surface area contributed by atoms with Gasteiger partial charge in [0.15, 0.2) is 6.79 Å². The Morgan fingerprint density at radius 3 is 2.52 bits per heavy atom. The fraction of sp³-hybridized carbons (Fsp3) is 0.537. The number of carbonyl (C=O) groups excluding carboxylic acids is 3. The van der Waals surface area contributed by atoms with Crippen molar-refractivity contribution in [1.82, 2.24) is 0 Å². The van der Waals surface area contributed by atoms with Crippen LogP contribution in [0.25, 0.3) is 0 Å². The summed E-state index contributed by atoms with van der Waals surface area (Å²) in [6.07, 6.45) is 9.38. The van der Waals surface area contributed by atoms with Gasteiger partial charge in [-0.2, -0.15) is 0 Å². The lowest BCUT2D eigenvalue weighted by Crippen LogP contribution is -2.54. The van der Waals surface area contributed by atoms with Gasteiger partial charge in [0, 0.05) is 17.1 Å². The van der Waals surface area contributed by atoms with Crippen LogP contribution in [0.3, 0.4) is 0 Å². The third kappa shape index (κ3) is 8.60. The molecule has 1 N–H and O–H groups in total. The summed E-state index contributed by atoms with van der Waals surface area (Å²) >= 11 is 0. The smallest absolute Gasteiger partial charge is 0.507 e. The van der Waals surface area contributed by atoms with E-state index in [9.17, 15) is 19.5 Å². The number of esters is 1. The number of phenols is 1. The Morgan fingerprint density at radius 1 is 1.12 bits per heavy atom. The average Bonchev–Trinajstić information content (AvgIpc) is 3.31. The minimum atomic E-state index is -0.883. The Bertz CT molecular complexity index is 1520. The van der Waals surface area contributed by atoms with E-state index in [1.54, 1.807) is 6.92 Å². The van der Waals surface area contributed by atoms with Gasteiger partial charge in [0.25, 0.3) is 0 Å². The zero-order chi connectivity index (χ0) is 36.5. The molecule has 1 aromatic carbocycles. The van der Waals surface area contributed by atoms with Gasteiger partial charge in [-0.1, -0.05) is 75.8 Å². The molecule has 1 saturated carbocycles. The van der Waals surface area contributed by atoms with Gasteiger partial charge < -0.3 is 28.8 Å². The number of aryl methyl sites for hydroxylation is 1. The molecule has 1 aromatic rings. The lowest BCUT2D eigenvalue weighted by molar-refractivity contribution is -0.153. The molecule has 3 aliphatic carbocycles. The number of hydrogen-bond acceptors (Lipinski definition) is 9. The molecule has 0 aliphatic heterocycles. The van der Waals surface area contributed by atoms with Gasteiger partial charge >= 0.3 is 12.1 Å². The first-order valence-electron chi connectivity index (χ1n) is 17.8. The SMILES string of the molecule is C=CCOC(=O)O[C@H](C)[C@H]1C(=O)C2C(C(=O)OCC=C)=C(COCOc3cc(CCCCC)cc(O)c3[C@@H]3C=C(C)CC[C@H]3C(=C)C)[C@H](C)[C@@H]21. The number of phenolic OH excluding ortho intramolecular Hbond substituents is 1. The van der Waals surface area contributed by atoms with Crippen molar-refractivity contribution in [2.75, 3.05) is 26.6 Å². The van der Waals surface area contributed by atoms with Crippen LogP contribution in [-0.4, -0.2) is 55.7 Å². The maximum atomic E-state index is 13.5. The van der Waals surface area contributed by atoms with Crippen molar-refractivity contribution in [3.8, 4) is 11.5 Å². The minimum Gasteiger partial charge on any atom is -0.507 e. The third-order valence-electron chi connectivity index (χ3n) is 10.4. The third-order valence-corrected chi connectivity index (χ3v) is 10.4. The average molecular weight is 691 g/mol. The molecule has 0 radical (unpaired) electrons. The summed E-state index contributed by atoms with van der Waals surface area (Å²) in [5.41, 5.74) is 4.96. The van der Waals surface area contributed by atoms with Gasteiger partial charge in [-0.15, -0.1) is 0 Å². The standard InChI is InChI=1S/C41H54O9/c1-9-12-13-14-28-20-32(42)36(30-19-25(6)15-16-29(30)24(4)5)33(21-28)49-23-46-22-31-26(7)34-35(27(8)50-41(45)48-18-11-3)39(43)38(34)37(31)40(44)47-17-10-2/h10-11,19-21,26-27,29-30,34-35,38,42H,2-4,9,12-18,22-23H2,1,5-8H3/t26-,27+,29-,30+,34+,35+,38?/m0/s1. The molecular weight excluding hydrogens is 636 g/mol. The van der Waals surface area contributed by atoms with E-state index in [0.29, 0.717) is 16.9 Å². The van der Waals surface area contributed by atoms with Gasteiger partial charge in [-0.25, -0.2) is 9.59 Å². The van der Waals surface area contributed by atoms with E-state index < -0.39 is 30.1 Å². The Balaban J connectivity index is 1.56. The zero-order valence-corrected chi connectivity index (χ0v) is 30.3. The molecule has 4 rings (SSSR count). The summed E-state index contributed by atoms with van der Waals surface area (Å²) in [5.74, 6) is -1.79. The Kier molecular flexibility index (Phi) is 13.7. The lowest BCUT2D eigenvalue weighted by Gasteiger charge is -2.44. The van der Waals surface area contributed by atoms with Crippen molar-refractivity contribution in [1.29, 1.82) is 0 Å². The van der Waals surface area contributed by atoms with Crippen LogP contribution in [0.4, 0.5) is 4.79 Å². The van der Waals surface area contributed by atoms with E-state index in [2.05, 4.69) is 39.7 Å². The fourth-order valence-electron chi connectivity index (χ4n) is 7.91. The van der Waals surface area contributed by atoms with Crippen molar-refractivity contribution in [2.45, 2.75) is 85.2 Å². The quantitative estimate of drug-likeness (QED) is 0.0702. The molecule has 0 aromatic heterocycles. The highest BCUT2D eigenvalue weighted by Crippen LogP contribution is 2.56. The van der Waals surface area contributed by atoms with Crippen LogP contribution in [0, 0.1) is 29.6 Å². The molecule has 1 fully saturated rings. The number of fused-ring (bicyclic) bond motifs is 1. The van der Waals surface area contributed by atoms with Gasteiger partial charge in [-0.05, 0) is 87.5 Å². The number of rotatable bonds is 18. The molecule has 9 heteroatoms. The van der Waals surface area contributed by atoms with Gasteiger partial charge in [0.05, 0.1) is 18.4 Å². The van der Waals surface area contributed by atoms with Gasteiger partial charge in [0.2, 0.25) is 0 Å². The summed E-state index contributed by atoms with van der Waals surface area (Å²) in [6, 6.07) is 3.85. The summed E-state index contributed by atoms with van der Waals surface area (Å²) < 4.78 is 28.2. The number of Topliss-reactive ketones (excluding diaryl/α,β-unsaturated/α-hetero) is 1. The molecule has 7 atom stereocenters. The maximum Gasteiger partial charge on any atom is 0.508 e. The molecular formula is C41H54O9. The minimum absolute atomic E-state index is 0.00123. The topological polar surface area (TPSA) is 118 Å². The number of aromatic hydroxyl groups is 1. The molecule has 0 heterocycles. The monoisotopic (exact) mass is 690 g/mol. The lowest BCUT2D eigenvalue weighted by atomic mass is 9.59. The van der Waals surface area contributed by atoms with Crippen LogP contribution in [0.5, 0.6) is 11.5 Å². The molecule has 9 nitrogen and oxygen atoms in total. The Labute approximate surface area is 297 Å². The van der Waals surface area contributed by atoms with Crippen LogP contribution in [-0.2, 0) is 35.0 Å². The van der Waals surface area contributed by atoms with E-state index >= 15 is 0 Å². The van der Waals surface area contributed by atoms with Crippen LogP contribution in [0.1, 0.15) is 83.8 Å². The van der Waals surface area contributed by atoms with Crippen LogP contribution in [0.2, 0.25) is 0 Å². The second-order valence-corrected chi connectivity index (χ2v) is 13.9. The van der Waals surface area contributed by atoms with E-state index in [-0.39, 0.29) is 67.4 Å². The molecule has 3 aliphatic rings. The predicted molar refractivity (Wildman–Crippen MR) is 192 cm³/mol. The van der Waals surface area contributed by atoms with Gasteiger partial charge in [-0.3, -0.25) is 4.79 Å². The van der Waals surface area contributed by atoms with E-state index in [4.69, 9.17) is 23.7 Å². The Morgan fingerprint density at radius 2 is 1.84 bits per heavy atom. The first-order chi connectivity index (χ1) is 23.9. The fourth-order valence-corrected chi connectivity index (χ4v) is 7.91. The molecule has 0 saturated heterocycles. The predicted octanol–water partition coefficient (Wildman–Crippen LogP) is 8.33. The zero-order valence-electron chi connectivity index (χ0n) is 30.3. The van der Waals surface area contributed by atoms with Crippen molar-refractivity contribution < 1.29 is 43.2 Å². The number of ether oxygens (including phenoxy) is 5. The van der Waals surface area contributed by atoms with Crippen molar-refractivity contribution >= 4 is 17.9 Å². The number of hydrogen-bond donors (Lipinski definition) is 1. The van der Waals surface area contributed by atoms with E-state index in [0.717, 1.165) is 49.7 Å². The Hall–Kier alpha value is -4.11. The van der Waals surface area contributed by atoms with Crippen LogP contribution >= 0.6 is 0 Å². The maximum absolute atomic E-state index is 13.5. The first kappa shape index (κ1) is 38.7. The number of allylic oxidation sites excluding steroid dienone is 3. The molecule has 50 heavy (non-hydrogen) atoms. The van der Waals surface area contributed by atoms with Crippen LogP contribution in [0.15, 0.2) is 72.4 Å². The van der Waals surface area contributed by atoms with Gasteiger partial charge in [0.1, 0.15) is 36.6 Å². The van der Waals surface area contributed by atoms with E-state index in [1.807, 2.05) is 26.0 Å². The molecule has 1 unspecified atom stereocenters. The largest absolute Gasteiger partial charge is 0.508 e.